The lowest BCUT2D eigenvalue weighted by molar-refractivity contribution is -0.124. The zero-order valence-electron chi connectivity index (χ0n) is 11.7. The number of hydrogen-bond donors (Lipinski definition) is 3. The molecular weight excluding hydrogens is 234 g/mol. The molecule has 4 N–H and O–H groups in total. The molecule has 6 heteroatoms. The van der Waals surface area contributed by atoms with Crippen molar-refractivity contribution in [3.05, 3.63) is 0 Å². The number of methoxy groups -OCH3 is 1. The number of ether oxygens (including phenoxy) is 1. The summed E-state index contributed by atoms with van der Waals surface area (Å²) >= 11 is 0. The molecule has 0 aromatic rings. The first kappa shape index (κ1) is 16.9. The van der Waals surface area contributed by atoms with E-state index in [0.717, 1.165) is 0 Å². The molecule has 0 spiro atoms. The van der Waals surface area contributed by atoms with E-state index in [1.165, 1.54) is 0 Å². The molecule has 106 valence electrons. The lowest BCUT2D eigenvalue weighted by Crippen LogP contribution is -2.49. The van der Waals surface area contributed by atoms with E-state index in [1.54, 1.807) is 7.11 Å². The fraction of sp³-hybridized carbons (Fsp3) is 0.833. The second-order valence-corrected chi connectivity index (χ2v) is 5.23. The fourth-order valence-corrected chi connectivity index (χ4v) is 1.18. The summed E-state index contributed by atoms with van der Waals surface area (Å²) in [7, 11) is 1.57. The van der Waals surface area contributed by atoms with Gasteiger partial charge in [-0.15, -0.1) is 0 Å². The van der Waals surface area contributed by atoms with Crippen LogP contribution in [0.3, 0.4) is 0 Å². The van der Waals surface area contributed by atoms with Gasteiger partial charge >= 0.3 is 0 Å². The quantitative estimate of drug-likeness (QED) is 0.544. The van der Waals surface area contributed by atoms with E-state index in [2.05, 4.69) is 10.6 Å². The summed E-state index contributed by atoms with van der Waals surface area (Å²) in [6, 6.07) is -0.575. The molecule has 0 rings (SSSR count). The van der Waals surface area contributed by atoms with Gasteiger partial charge in [0.15, 0.2) is 0 Å². The van der Waals surface area contributed by atoms with Crippen LogP contribution in [0.5, 0.6) is 0 Å². The van der Waals surface area contributed by atoms with Gasteiger partial charge in [-0.1, -0.05) is 20.8 Å². The van der Waals surface area contributed by atoms with Crippen molar-refractivity contribution in [2.45, 2.75) is 33.2 Å². The van der Waals surface area contributed by atoms with E-state index in [0.29, 0.717) is 19.7 Å². The SMILES string of the molecule is COCCNC(=O)CCNC(=O)[C@@H](N)C(C)(C)C. The van der Waals surface area contributed by atoms with Gasteiger partial charge in [0.2, 0.25) is 11.8 Å². The van der Waals surface area contributed by atoms with Crippen LogP contribution in [0.2, 0.25) is 0 Å². The summed E-state index contributed by atoms with van der Waals surface area (Å²) in [5.41, 5.74) is 5.49. The Morgan fingerprint density at radius 2 is 1.83 bits per heavy atom. The van der Waals surface area contributed by atoms with E-state index in [9.17, 15) is 9.59 Å². The Bertz CT molecular complexity index is 274. The Kier molecular flexibility index (Phi) is 7.54. The maximum Gasteiger partial charge on any atom is 0.237 e. The van der Waals surface area contributed by atoms with Crippen molar-refractivity contribution in [1.82, 2.24) is 10.6 Å². The van der Waals surface area contributed by atoms with Gasteiger partial charge in [0.25, 0.3) is 0 Å². The molecule has 1 atom stereocenters. The molecule has 0 saturated carbocycles. The standard InChI is InChI=1S/C12H25N3O3/c1-12(2,3)10(13)11(17)15-6-5-9(16)14-7-8-18-4/h10H,5-8,13H2,1-4H3,(H,14,16)(H,15,17)/t10-/m1/s1. The van der Waals surface area contributed by atoms with E-state index >= 15 is 0 Å². The molecule has 0 aromatic carbocycles. The number of carbonyl (C=O) groups is 2. The first-order chi connectivity index (χ1) is 8.29. The molecule has 0 bridgehead atoms. The van der Waals surface area contributed by atoms with Crippen molar-refractivity contribution in [1.29, 1.82) is 0 Å². The molecule has 0 aromatic heterocycles. The second kappa shape index (κ2) is 8.05. The summed E-state index contributed by atoms with van der Waals surface area (Å²) in [5, 5.41) is 5.32. The van der Waals surface area contributed by atoms with Crippen molar-refractivity contribution >= 4 is 11.8 Å². The first-order valence-electron chi connectivity index (χ1n) is 6.08. The Morgan fingerprint density at radius 1 is 1.22 bits per heavy atom. The van der Waals surface area contributed by atoms with Crippen molar-refractivity contribution in [3.8, 4) is 0 Å². The van der Waals surface area contributed by atoms with E-state index < -0.39 is 6.04 Å². The zero-order valence-corrected chi connectivity index (χ0v) is 11.7. The molecule has 0 radical (unpaired) electrons. The van der Waals surface area contributed by atoms with Gasteiger partial charge in [0.05, 0.1) is 12.6 Å². The number of amides is 2. The molecule has 0 saturated heterocycles. The summed E-state index contributed by atoms with van der Waals surface area (Å²) < 4.78 is 4.80. The van der Waals surface area contributed by atoms with Crippen molar-refractivity contribution < 1.29 is 14.3 Å². The third-order valence-electron chi connectivity index (χ3n) is 2.50. The highest BCUT2D eigenvalue weighted by Crippen LogP contribution is 2.16. The van der Waals surface area contributed by atoms with E-state index in [-0.39, 0.29) is 23.7 Å². The number of carbonyl (C=O) groups excluding carboxylic acids is 2. The topological polar surface area (TPSA) is 93.5 Å². The van der Waals surface area contributed by atoms with E-state index in [4.69, 9.17) is 10.5 Å². The Hall–Kier alpha value is -1.14. The molecule has 6 nitrogen and oxygen atoms in total. The molecule has 0 heterocycles. The number of nitrogens with two attached hydrogens (primary N) is 1. The van der Waals surface area contributed by atoms with Crippen LogP contribution in [0.25, 0.3) is 0 Å². The summed E-state index contributed by atoms with van der Waals surface area (Å²) in [4.78, 5) is 23.0. The van der Waals surface area contributed by atoms with Crippen LogP contribution in [-0.4, -0.2) is 44.7 Å². The highest BCUT2D eigenvalue weighted by Gasteiger charge is 2.26. The third kappa shape index (κ3) is 7.24. The van der Waals surface area contributed by atoms with Gasteiger partial charge in [-0.3, -0.25) is 9.59 Å². The Morgan fingerprint density at radius 3 is 2.33 bits per heavy atom. The number of hydrogen-bond acceptors (Lipinski definition) is 4. The lowest BCUT2D eigenvalue weighted by Gasteiger charge is -2.25. The monoisotopic (exact) mass is 259 g/mol. The highest BCUT2D eigenvalue weighted by atomic mass is 16.5. The van der Waals surface area contributed by atoms with Crippen LogP contribution in [-0.2, 0) is 14.3 Å². The molecule has 2 amide bonds. The van der Waals surface area contributed by atoms with E-state index in [1.807, 2.05) is 20.8 Å². The minimum atomic E-state index is -0.575. The minimum Gasteiger partial charge on any atom is -0.383 e. The summed E-state index contributed by atoms with van der Waals surface area (Å²) in [6.07, 6.45) is 0.242. The second-order valence-electron chi connectivity index (χ2n) is 5.23. The summed E-state index contributed by atoms with van der Waals surface area (Å²) in [6.45, 7) is 6.94. The molecule has 0 unspecified atom stereocenters. The van der Waals surface area contributed by atoms with Crippen LogP contribution < -0.4 is 16.4 Å². The van der Waals surface area contributed by atoms with Gasteiger partial charge in [-0.25, -0.2) is 0 Å². The van der Waals surface area contributed by atoms with Crippen LogP contribution in [0.1, 0.15) is 27.2 Å². The predicted molar refractivity (Wildman–Crippen MR) is 69.9 cm³/mol. The van der Waals surface area contributed by atoms with Crippen molar-refractivity contribution in [2.24, 2.45) is 11.1 Å². The average Bonchev–Trinajstić information content (AvgIpc) is 2.27. The zero-order chi connectivity index (χ0) is 14.2. The molecule has 0 aliphatic carbocycles. The normalized spacial score (nSPS) is 12.9. The van der Waals surface area contributed by atoms with Gasteiger partial charge in [-0.2, -0.15) is 0 Å². The molecule has 0 aliphatic heterocycles. The highest BCUT2D eigenvalue weighted by molar-refractivity contribution is 5.83. The van der Waals surface area contributed by atoms with Gasteiger partial charge in [-0.05, 0) is 5.41 Å². The van der Waals surface area contributed by atoms with Crippen LogP contribution in [0, 0.1) is 5.41 Å². The van der Waals surface area contributed by atoms with Crippen LogP contribution in [0.15, 0.2) is 0 Å². The van der Waals surface area contributed by atoms with Gasteiger partial charge in [0.1, 0.15) is 0 Å². The van der Waals surface area contributed by atoms with Gasteiger partial charge in [0, 0.05) is 26.6 Å². The summed E-state index contributed by atoms with van der Waals surface area (Å²) in [5.74, 6) is -0.344. The average molecular weight is 259 g/mol. The van der Waals surface area contributed by atoms with Crippen LogP contribution in [0.4, 0.5) is 0 Å². The molecule has 18 heavy (non-hydrogen) atoms. The largest absolute Gasteiger partial charge is 0.383 e. The fourth-order valence-electron chi connectivity index (χ4n) is 1.18. The van der Waals surface area contributed by atoms with Crippen LogP contribution >= 0.6 is 0 Å². The smallest absolute Gasteiger partial charge is 0.237 e. The lowest BCUT2D eigenvalue weighted by atomic mass is 9.87. The van der Waals surface area contributed by atoms with Gasteiger partial charge < -0.3 is 21.1 Å². The predicted octanol–water partition coefficient (Wildman–Crippen LogP) is -0.371. The molecule has 0 fully saturated rings. The maximum absolute atomic E-state index is 11.6. The number of rotatable bonds is 7. The van der Waals surface area contributed by atoms with Crippen molar-refractivity contribution in [3.63, 3.8) is 0 Å². The van der Waals surface area contributed by atoms with Crippen molar-refractivity contribution in [2.75, 3.05) is 26.8 Å². The first-order valence-corrected chi connectivity index (χ1v) is 6.08. The number of nitrogens with one attached hydrogen (secondary N) is 2. The maximum atomic E-state index is 11.6. The Labute approximate surface area is 109 Å². The molecular formula is C12H25N3O3. The minimum absolute atomic E-state index is 0.114. The Balaban J connectivity index is 3.78. The third-order valence-corrected chi connectivity index (χ3v) is 2.50. The molecule has 0 aliphatic rings.